The summed E-state index contributed by atoms with van der Waals surface area (Å²) in [6.45, 7) is 2.31. The third-order valence-electron chi connectivity index (χ3n) is 3.53. The highest BCUT2D eigenvalue weighted by Crippen LogP contribution is 2.29. The lowest BCUT2D eigenvalue weighted by atomic mass is 10.1. The molecule has 0 atom stereocenters. The van der Waals surface area contributed by atoms with E-state index in [0.717, 1.165) is 36.1 Å². The van der Waals surface area contributed by atoms with Gasteiger partial charge in [0.2, 0.25) is 0 Å². The van der Waals surface area contributed by atoms with Gasteiger partial charge in [-0.2, -0.15) is 0 Å². The second kappa shape index (κ2) is 6.61. The Hall–Kier alpha value is -1.75. The van der Waals surface area contributed by atoms with Crippen molar-refractivity contribution in [1.82, 2.24) is 0 Å². The van der Waals surface area contributed by atoms with Crippen molar-refractivity contribution in [2.75, 3.05) is 38.8 Å². The van der Waals surface area contributed by atoms with Crippen molar-refractivity contribution in [3.8, 4) is 5.75 Å². The molecular formula is C15H23N3O2. The number of methoxy groups -OCH3 is 1. The number of amidine groups is 1. The third-order valence-corrected chi connectivity index (χ3v) is 3.53. The first-order valence-corrected chi connectivity index (χ1v) is 6.93. The van der Waals surface area contributed by atoms with Crippen LogP contribution >= 0.6 is 0 Å². The van der Waals surface area contributed by atoms with Crippen molar-refractivity contribution < 1.29 is 9.47 Å². The fourth-order valence-electron chi connectivity index (χ4n) is 2.04. The standard InChI is InChI=1S/C15H23N3O2/c1-18(7-8-20-10-11-3-4-11)14-9-12(19-2)5-6-13(14)15(16)17/h5-6,9,11H,3-4,7-8,10H2,1-2H3,(H3,16,17). The summed E-state index contributed by atoms with van der Waals surface area (Å²) in [6, 6.07) is 5.54. The molecule has 2 rings (SSSR count). The monoisotopic (exact) mass is 277 g/mol. The van der Waals surface area contributed by atoms with Gasteiger partial charge in [-0.3, -0.25) is 5.41 Å². The summed E-state index contributed by atoms with van der Waals surface area (Å²) in [6.07, 6.45) is 2.61. The highest BCUT2D eigenvalue weighted by molar-refractivity contribution is 6.00. The minimum atomic E-state index is 0.0633. The number of likely N-dealkylation sites (N-methyl/N-ethyl adjacent to an activating group) is 1. The Labute approximate surface area is 120 Å². The van der Waals surface area contributed by atoms with Gasteiger partial charge in [0.1, 0.15) is 11.6 Å². The Morgan fingerprint density at radius 1 is 1.45 bits per heavy atom. The summed E-state index contributed by atoms with van der Waals surface area (Å²) >= 11 is 0. The molecule has 20 heavy (non-hydrogen) atoms. The molecule has 1 fully saturated rings. The van der Waals surface area contributed by atoms with Crippen molar-refractivity contribution in [1.29, 1.82) is 5.41 Å². The zero-order chi connectivity index (χ0) is 14.5. The van der Waals surface area contributed by atoms with Crippen molar-refractivity contribution in [3.63, 3.8) is 0 Å². The van der Waals surface area contributed by atoms with E-state index in [1.54, 1.807) is 7.11 Å². The van der Waals surface area contributed by atoms with E-state index in [-0.39, 0.29) is 5.84 Å². The third kappa shape index (κ3) is 3.87. The number of benzene rings is 1. The molecule has 0 bridgehead atoms. The van der Waals surface area contributed by atoms with Gasteiger partial charge in [-0.25, -0.2) is 0 Å². The minimum absolute atomic E-state index is 0.0633. The highest BCUT2D eigenvalue weighted by Gasteiger charge is 2.21. The first-order chi connectivity index (χ1) is 9.61. The summed E-state index contributed by atoms with van der Waals surface area (Å²) in [4.78, 5) is 2.05. The lowest BCUT2D eigenvalue weighted by molar-refractivity contribution is 0.131. The molecule has 1 saturated carbocycles. The second-order valence-corrected chi connectivity index (χ2v) is 5.24. The molecule has 110 valence electrons. The fraction of sp³-hybridized carbons (Fsp3) is 0.533. The number of ether oxygens (including phenoxy) is 2. The topological polar surface area (TPSA) is 71.6 Å². The predicted molar refractivity (Wildman–Crippen MR) is 80.8 cm³/mol. The van der Waals surface area contributed by atoms with Crippen molar-refractivity contribution in [3.05, 3.63) is 23.8 Å². The molecule has 1 aromatic rings. The van der Waals surface area contributed by atoms with Gasteiger partial charge in [0, 0.05) is 31.8 Å². The maximum atomic E-state index is 7.65. The van der Waals surface area contributed by atoms with Crippen LogP contribution in [0, 0.1) is 11.3 Å². The van der Waals surface area contributed by atoms with Crippen molar-refractivity contribution >= 4 is 11.5 Å². The Balaban J connectivity index is 1.97. The second-order valence-electron chi connectivity index (χ2n) is 5.24. The molecule has 1 aliphatic rings. The summed E-state index contributed by atoms with van der Waals surface area (Å²) in [5.74, 6) is 1.61. The van der Waals surface area contributed by atoms with Gasteiger partial charge in [-0.05, 0) is 30.9 Å². The Morgan fingerprint density at radius 3 is 2.80 bits per heavy atom. The quantitative estimate of drug-likeness (QED) is 0.432. The molecule has 0 heterocycles. The van der Waals surface area contributed by atoms with Crippen LogP contribution in [-0.2, 0) is 4.74 Å². The average Bonchev–Trinajstić information content (AvgIpc) is 3.26. The number of nitrogen functional groups attached to an aromatic ring is 1. The van der Waals surface area contributed by atoms with Crippen LogP contribution in [0.5, 0.6) is 5.75 Å². The van der Waals surface area contributed by atoms with Crippen molar-refractivity contribution in [2.24, 2.45) is 11.7 Å². The van der Waals surface area contributed by atoms with Gasteiger partial charge < -0.3 is 20.1 Å². The molecule has 0 saturated heterocycles. The van der Waals surface area contributed by atoms with Crippen LogP contribution < -0.4 is 15.4 Å². The number of hydrogen-bond donors (Lipinski definition) is 2. The van der Waals surface area contributed by atoms with E-state index in [9.17, 15) is 0 Å². The van der Waals surface area contributed by atoms with Crippen LogP contribution in [-0.4, -0.2) is 39.8 Å². The molecule has 0 unspecified atom stereocenters. The number of anilines is 1. The van der Waals surface area contributed by atoms with E-state index in [1.807, 2.05) is 30.1 Å². The molecule has 0 aliphatic heterocycles. The molecule has 5 heteroatoms. The number of nitrogens with one attached hydrogen (secondary N) is 1. The molecule has 5 nitrogen and oxygen atoms in total. The van der Waals surface area contributed by atoms with E-state index < -0.39 is 0 Å². The molecule has 0 radical (unpaired) electrons. The Bertz CT molecular complexity index is 472. The average molecular weight is 277 g/mol. The zero-order valence-electron chi connectivity index (χ0n) is 12.2. The smallest absolute Gasteiger partial charge is 0.124 e. The molecule has 1 aliphatic carbocycles. The molecule has 0 amide bonds. The number of hydrogen-bond acceptors (Lipinski definition) is 4. The number of rotatable bonds is 8. The first kappa shape index (κ1) is 14.7. The van der Waals surface area contributed by atoms with E-state index in [0.29, 0.717) is 6.61 Å². The SMILES string of the molecule is COc1ccc(C(=N)N)c(N(C)CCOCC2CC2)c1. The lowest BCUT2D eigenvalue weighted by Gasteiger charge is -2.22. The van der Waals surface area contributed by atoms with Crippen LogP contribution in [0.3, 0.4) is 0 Å². The van der Waals surface area contributed by atoms with Gasteiger partial charge >= 0.3 is 0 Å². The summed E-state index contributed by atoms with van der Waals surface area (Å²) in [7, 11) is 3.60. The van der Waals surface area contributed by atoms with Crippen LogP contribution in [0.15, 0.2) is 18.2 Å². The van der Waals surface area contributed by atoms with E-state index >= 15 is 0 Å². The normalized spacial score (nSPS) is 14.1. The zero-order valence-corrected chi connectivity index (χ0v) is 12.2. The molecule has 0 aromatic heterocycles. The summed E-state index contributed by atoms with van der Waals surface area (Å²) < 4.78 is 10.9. The van der Waals surface area contributed by atoms with Crippen LogP contribution in [0.1, 0.15) is 18.4 Å². The van der Waals surface area contributed by atoms with Gasteiger partial charge in [0.25, 0.3) is 0 Å². The molecular weight excluding hydrogens is 254 g/mol. The summed E-state index contributed by atoms with van der Waals surface area (Å²) in [5.41, 5.74) is 7.24. The van der Waals surface area contributed by atoms with Crippen LogP contribution in [0.4, 0.5) is 5.69 Å². The Kier molecular flexibility index (Phi) is 4.84. The van der Waals surface area contributed by atoms with Gasteiger partial charge in [0.15, 0.2) is 0 Å². The maximum absolute atomic E-state index is 7.65. The highest BCUT2D eigenvalue weighted by atomic mass is 16.5. The predicted octanol–water partition coefficient (Wildman–Crippen LogP) is 1.84. The molecule has 0 spiro atoms. The largest absolute Gasteiger partial charge is 0.497 e. The van der Waals surface area contributed by atoms with Gasteiger partial charge in [0.05, 0.1) is 19.4 Å². The number of nitrogens with two attached hydrogens (primary N) is 1. The maximum Gasteiger partial charge on any atom is 0.124 e. The van der Waals surface area contributed by atoms with E-state index in [4.69, 9.17) is 20.6 Å². The summed E-state index contributed by atoms with van der Waals surface area (Å²) in [5, 5.41) is 7.65. The van der Waals surface area contributed by atoms with E-state index in [1.165, 1.54) is 12.8 Å². The van der Waals surface area contributed by atoms with E-state index in [2.05, 4.69) is 0 Å². The van der Waals surface area contributed by atoms with Gasteiger partial charge in [-0.1, -0.05) is 0 Å². The van der Waals surface area contributed by atoms with Gasteiger partial charge in [-0.15, -0.1) is 0 Å². The van der Waals surface area contributed by atoms with Crippen LogP contribution in [0.25, 0.3) is 0 Å². The van der Waals surface area contributed by atoms with Crippen LogP contribution in [0.2, 0.25) is 0 Å². The molecule has 1 aromatic carbocycles. The minimum Gasteiger partial charge on any atom is -0.497 e. The molecule has 3 N–H and O–H groups in total. The first-order valence-electron chi connectivity index (χ1n) is 6.93. The fourth-order valence-corrected chi connectivity index (χ4v) is 2.04. The Morgan fingerprint density at radius 2 is 2.20 bits per heavy atom. The lowest BCUT2D eigenvalue weighted by Crippen LogP contribution is -2.26. The number of nitrogens with zero attached hydrogens (tertiary/aromatic N) is 1. The van der Waals surface area contributed by atoms with Crippen molar-refractivity contribution in [2.45, 2.75) is 12.8 Å².